The van der Waals surface area contributed by atoms with Gasteiger partial charge in [0.15, 0.2) is 5.69 Å². The van der Waals surface area contributed by atoms with E-state index in [1.165, 1.54) is 12.1 Å². The zero-order valence-electron chi connectivity index (χ0n) is 10.7. The Morgan fingerprint density at radius 2 is 1.81 bits per heavy atom. The molecule has 2 rings (SSSR count). The van der Waals surface area contributed by atoms with Gasteiger partial charge in [0.2, 0.25) is 0 Å². The third-order valence-corrected chi connectivity index (χ3v) is 3.37. The fraction of sp³-hybridized carbons (Fsp3) is 0.231. The van der Waals surface area contributed by atoms with Gasteiger partial charge in [-0.3, -0.25) is 0 Å². The van der Waals surface area contributed by atoms with Gasteiger partial charge in [0.05, 0.1) is 21.7 Å². The quantitative estimate of drug-likeness (QED) is 0.803. The first-order valence-electron chi connectivity index (χ1n) is 5.83. The zero-order chi connectivity index (χ0) is 15.8. The van der Waals surface area contributed by atoms with Crippen LogP contribution in [0.15, 0.2) is 18.2 Å². The number of hydrogen-bond acceptors (Lipinski definition) is 2. The molecule has 0 aliphatic rings. The van der Waals surface area contributed by atoms with Crippen LogP contribution < -0.4 is 0 Å². The Balaban J connectivity index is 2.68. The number of aryl methyl sites for hydroxylation is 1. The van der Waals surface area contributed by atoms with E-state index in [2.05, 4.69) is 5.10 Å². The van der Waals surface area contributed by atoms with Crippen molar-refractivity contribution in [3.05, 3.63) is 45.2 Å². The molecule has 1 aromatic heterocycles. The van der Waals surface area contributed by atoms with E-state index in [0.717, 1.165) is 10.7 Å². The maximum absolute atomic E-state index is 12.8. The highest BCUT2D eigenvalue weighted by Crippen LogP contribution is 2.34. The second-order valence-electron chi connectivity index (χ2n) is 4.18. The Kier molecular flexibility index (Phi) is 4.17. The highest BCUT2D eigenvalue weighted by molar-refractivity contribution is 6.37. The van der Waals surface area contributed by atoms with E-state index in [1.807, 2.05) is 6.07 Å². The maximum Gasteiger partial charge on any atom is 0.435 e. The van der Waals surface area contributed by atoms with E-state index in [1.54, 1.807) is 6.92 Å². The van der Waals surface area contributed by atoms with E-state index < -0.39 is 11.9 Å². The summed E-state index contributed by atoms with van der Waals surface area (Å²) in [6.45, 7) is 1.69. The van der Waals surface area contributed by atoms with Gasteiger partial charge in [0.25, 0.3) is 0 Å². The molecule has 8 heteroatoms. The van der Waals surface area contributed by atoms with Gasteiger partial charge in [0, 0.05) is 5.69 Å². The first kappa shape index (κ1) is 15.7. The summed E-state index contributed by atoms with van der Waals surface area (Å²) in [5.74, 6) is 0. The van der Waals surface area contributed by atoms with E-state index in [-0.39, 0.29) is 21.3 Å². The highest BCUT2D eigenvalue weighted by Gasteiger charge is 2.35. The van der Waals surface area contributed by atoms with Crippen LogP contribution in [0, 0.1) is 11.3 Å². The monoisotopic (exact) mass is 333 g/mol. The second-order valence-corrected chi connectivity index (χ2v) is 5.00. The van der Waals surface area contributed by atoms with Crippen LogP contribution in [-0.4, -0.2) is 9.78 Å². The average Bonchev–Trinajstić information content (AvgIpc) is 2.81. The Morgan fingerprint density at radius 3 is 2.24 bits per heavy atom. The Morgan fingerprint density at radius 1 is 1.24 bits per heavy atom. The number of nitriles is 1. The summed E-state index contributed by atoms with van der Waals surface area (Å²) >= 11 is 12.0. The van der Waals surface area contributed by atoms with Gasteiger partial charge in [-0.15, -0.1) is 0 Å². The molecule has 2 aromatic rings. The van der Waals surface area contributed by atoms with Crippen LogP contribution in [0.25, 0.3) is 5.69 Å². The summed E-state index contributed by atoms with van der Waals surface area (Å²) in [4.78, 5) is 0. The maximum atomic E-state index is 12.8. The lowest BCUT2D eigenvalue weighted by molar-refractivity contribution is -0.141. The topological polar surface area (TPSA) is 41.6 Å². The fourth-order valence-corrected chi connectivity index (χ4v) is 2.48. The molecule has 0 radical (unpaired) electrons. The predicted octanol–water partition coefficient (Wildman–Crippen LogP) is 4.63. The minimum Gasteiger partial charge on any atom is -0.234 e. The predicted molar refractivity (Wildman–Crippen MR) is 72.7 cm³/mol. The lowest BCUT2D eigenvalue weighted by Gasteiger charge is -2.10. The minimum atomic E-state index is -4.55. The van der Waals surface area contributed by atoms with Gasteiger partial charge in [-0.25, -0.2) is 4.68 Å². The van der Waals surface area contributed by atoms with Gasteiger partial charge >= 0.3 is 6.18 Å². The van der Waals surface area contributed by atoms with Gasteiger partial charge in [-0.05, 0) is 24.6 Å². The summed E-state index contributed by atoms with van der Waals surface area (Å²) in [5.41, 5.74) is -0.355. The van der Waals surface area contributed by atoms with Gasteiger partial charge in [-0.2, -0.15) is 23.5 Å². The second kappa shape index (κ2) is 5.58. The molecule has 0 saturated heterocycles. The van der Waals surface area contributed by atoms with Crippen LogP contribution in [0.5, 0.6) is 0 Å². The van der Waals surface area contributed by atoms with Gasteiger partial charge in [-0.1, -0.05) is 30.1 Å². The summed E-state index contributed by atoms with van der Waals surface area (Å²) in [5, 5.41) is 12.5. The molecular formula is C13H8Cl2F3N3. The molecule has 0 atom stereocenters. The third-order valence-electron chi connectivity index (χ3n) is 2.79. The Labute approximate surface area is 128 Å². The molecule has 3 nitrogen and oxygen atoms in total. The molecule has 21 heavy (non-hydrogen) atoms. The van der Waals surface area contributed by atoms with Crippen molar-refractivity contribution in [1.82, 2.24) is 9.78 Å². The Bertz CT molecular complexity index is 706. The molecule has 1 aromatic carbocycles. The average molecular weight is 334 g/mol. The van der Waals surface area contributed by atoms with Crippen LogP contribution in [-0.2, 0) is 12.6 Å². The summed E-state index contributed by atoms with van der Waals surface area (Å²) in [7, 11) is 0. The number of rotatable bonds is 2. The molecule has 0 aliphatic carbocycles. The Hall–Kier alpha value is -1.71. The van der Waals surface area contributed by atoms with Crippen LogP contribution >= 0.6 is 23.2 Å². The zero-order valence-corrected chi connectivity index (χ0v) is 12.2. The van der Waals surface area contributed by atoms with Crippen molar-refractivity contribution in [1.29, 1.82) is 5.26 Å². The number of nitrogens with zero attached hydrogens (tertiary/aromatic N) is 3. The van der Waals surface area contributed by atoms with Gasteiger partial charge in [0.1, 0.15) is 5.69 Å². The highest BCUT2D eigenvalue weighted by atomic mass is 35.5. The molecule has 110 valence electrons. The third kappa shape index (κ3) is 2.99. The number of aromatic nitrogens is 2. The summed E-state index contributed by atoms with van der Waals surface area (Å²) < 4.78 is 39.4. The number of benzene rings is 1. The molecule has 0 unspecified atom stereocenters. The van der Waals surface area contributed by atoms with E-state index in [0.29, 0.717) is 12.1 Å². The van der Waals surface area contributed by atoms with Crippen molar-refractivity contribution in [2.75, 3.05) is 0 Å². The van der Waals surface area contributed by atoms with Crippen LogP contribution in [0.3, 0.4) is 0 Å². The van der Waals surface area contributed by atoms with Crippen molar-refractivity contribution >= 4 is 23.2 Å². The van der Waals surface area contributed by atoms with E-state index in [4.69, 9.17) is 28.5 Å². The van der Waals surface area contributed by atoms with E-state index in [9.17, 15) is 13.2 Å². The van der Waals surface area contributed by atoms with Crippen molar-refractivity contribution in [3.63, 3.8) is 0 Å². The van der Waals surface area contributed by atoms with Crippen LogP contribution in [0.1, 0.15) is 23.9 Å². The first-order valence-corrected chi connectivity index (χ1v) is 6.59. The molecule has 0 aliphatic heterocycles. The molecule has 1 heterocycles. The minimum absolute atomic E-state index is 0.0607. The normalized spacial score (nSPS) is 11.5. The van der Waals surface area contributed by atoms with Crippen molar-refractivity contribution < 1.29 is 13.2 Å². The van der Waals surface area contributed by atoms with Gasteiger partial charge < -0.3 is 0 Å². The lowest BCUT2D eigenvalue weighted by Crippen LogP contribution is -2.08. The molecule has 0 fully saturated rings. The van der Waals surface area contributed by atoms with Crippen molar-refractivity contribution in [3.8, 4) is 11.8 Å². The fourth-order valence-electron chi connectivity index (χ4n) is 1.84. The van der Waals surface area contributed by atoms with E-state index >= 15 is 0 Å². The lowest BCUT2D eigenvalue weighted by atomic mass is 10.2. The number of alkyl halides is 3. The van der Waals surface area contributed by atoms with Crippen LogP contribution in [0.4, 0.5) is 13.2 Å². The smallest absolute Gasteiger partial charge is 0.234 e. The molecule has 0 bridgehead atoms. The molecule has 0 saturated carbocycles. The first-order chi connectivity index (χ1) is 9.77. The number of halogens is 5. The molecule has 0 spiro atoms. The molecule has 0 N–H and O–H groups in total. The summed E-state index contributed by atoms with van der Waals surface area (Å²) in [6.07, 6.45) is -4.24. The largest absolute Gasteiger partial charge is 0.435 e. The molecular weight excluding hydrogens is 326 g/mol. The van der Waals surface area contributed by atoms with Crippen molar-refractivity contribution in [2.24, 2.45) is 0 Å². The van der Waals surface area contributed by atoms with Crippen molar-refractivity contribution in [2.45, 2.75) is 19.5 Å². The summed E-state index contributed by atoms with van der Waals surface area (Å²) in [6, 6.07) is 5.48. The molecule has 0 amide bonds. The number of hydrogen-bond donors (Lipinski definition) is 0. The standard InChI is InChI=1S/C13H8Cl2F3N3/c1-2-8-5-11(13(16,17)18)20-21(8)12-9(14)3-7(6-19)4-10(12)15/h3-5H,2H2,1H3. The van der Waals surface area contributed by atoms with Crippen LogP contribution in [0.2, 0.25) is 10.0 Å². The SMILES string of the molecule is CCc1cc(C(F)(F)F)nn1-c1c(Cl)cc(C#N)cc1Cl.